The van der Waals surface area contributed by atoms with Crippen LogP contribution < -0.4 is 11.1 Å². The third kappa shape index (κ3) is 4.29. The van der Waals surface area contributed by atoms with Crippen molar-refractivity contribution in [2.45, 2.75) is 18.7 Å². The third-order valence-corrected chi connectivity index (χ3v) is 5.97. The molecular weight excluding hydrogens is 388 g/mol. The Morgan fingerprint density at radius 1 is 1.04 bits per heavy atom. The zero-order valence-electron chi connectivity index (χ0n) is 15.3. The van der Waals surface area contributed by atoms with E-state index in [4.69, 9.17) is 16.6 Å². The zero-order valence-corrected chi connectivity index (χ0v) is 16.9. The summed E-state index contributed by atoms with van der Waals surface area (Å²) < 4.78 is 7.70. The van der Waals surface area contributed by atoms with E-state index in [1.807, 2.05) is 24.3 Å². The summed E-state index contributed by atoms with van der Waals surface area (Å²) in [6.07, 6.45) is 0.792. The van der Waals surface area contributed by atoms with Crippen molar-refractivity contribution in [3.8, 4) is 0 Å². The Hall–Kier alpha value is -2.57. The van der Waals surface area contributed by atoms with Crippen LogP contribution in [0.15, 0.2) is 75.9 Å². The second kappa shape index (κ2) is 8.63. The predicted molar refractivity (Wildman–Crippen MR) is 121 cm³/mol. The van der Waals surface area contributed by atoms with Gasteiger partial charge in [-0.05, 0) is 34.9 Å². The molecule has 0 bridgehead atoms. The fourth-order valence-corrected chi connectivity index (χ4v) is 4.14. The Morgan fingerprint density at radius 3 is 2.71 bits per heavy atom. The van der Waals surface area contributed by atoms with Crippen LogP contribution in [0.3, 0.4) is 0 Å². The van der Waals surface area contributed by atoms with Gasteiger partial charge in [-0.2, -0.15) is 0 Å². The molecule has 4 nitrogen and oxygen atoms in total. The average molecular weight is 409 g/mol. The highest BCUT2D eigenvalue weighted by atomic mass is 32.2. The number of hydrogen-bond donors (Lipinski definition) is 1. The summed E-state index contributed by atoms with van der Waals surface area (Å²) in [6, 6.07) is 22.3. The first-order chi connectivity index (χ1) is 13.7. The number of aromatic nitrogens is 1. The molecule has 0 unspecified atom stereocenters. The Morgan fingerprint density at radius 2 is 1.82 bits per heavy atom. The van der Waals surface area contributed by atoms with Crippen LogP contribution in [0, 0.1) is 0 Å². The highest BCUT2D eigenvalue weighted by molar-refractivity contribution is 8.22. The van der Waals surface area contributed by atoms with Gasteiger partial charge in [0.25, 0.3) is 0 Å². The molecule has 3 aromatic carbocycles. The first-order valence-corrected chi connectivity index (χ1v) is 10.6. The SMILES string of the molecule is O=c1oc2ccccc2n1CCCNC(=S)SCc1ccc2ccccc2c1. The first-order valence-electron chi connectivity index (χ1n) is 9.17. The van der Waals surface area contributed by atoms with Crippen LogP contribution in [-0.4, -0.2) is 15.4 Å². The van der Waals surface area contributed by atoms with Gasteiger partial charge in [0, 0.05) is 18.8 Å². The van der Waals surface area contributed by atoms with Crippen LogP contribution in [-0.2, 0) is 12.3 Å². The normalized spacial score (nSPS) is 11.1. The van der Waals surface area contributed by atoms with E-state index in [0.29, 0.717) is 12.1 Å². The first kappa shape index (κ1) is 18.8. The van der Waals surface area contributed by atoms with Crippen molar-refractivity contribution in [2.75, 3.05) is 6.54 Å². The lowest BCUT2D eigenvalue weighted by Crippen LogP contribution is -2.23. The molecule has 0 fully saturated rings. The Kier molecular flexibility index (Phi) is 5.78. The van der Waals surface area contributed by atoms with E-state index in [1.54, 1.807) is 16.3 Å². The molecule has 0 amide bonds. The topological polar surface area (TPSA) is 47.2 Å². The lowest BCUT2D eigenvalue weighted by molar-refractivity contribution is 0.497. The minimum atomic E-state index is -0.311. The minimum Gasteiger partial charge on any atom is -0.408 e. The van der Waals surface area contributed by atoms with E-state index < -0.39 is 0 Å². The van der Waals surface area contributed by atoms with Crippen LogP contribution in [0.4, 0.5) is 0 Å². The van der Waals surface area contributed by atoms with E-state index in [1.165, 1.54) is 16.3 Å². The van der Waals surface area contributed by atoms with E-state index in [9.17, 15) is 4.79 Å². The van der Waals surface area contributed by atoms with E-state index >= 15 is 0 Å². The minimum absolute atomic E-state index is 0.311. The average Bonchev–Trinajstić information content (AvgIpc) is 3.04. The molecule has 4 rings (SSSR count). The number of benzene rings is 3. The number of nitrogens with one attached hydrogen (secondary N) is 1. The molecule has 0 aliphatic heterocycles. The largest absolute Gasteiger partial charge is 0.419 e. The molecule has 0 radical (unpaired) electrons. The van der Waals surface area contributed by atoms with Gasteiger partial charge in [-0.15, -0.1) is 0 Å². The van der Waals surface area contributed by atoms with Gasteiger partial charge in [0.1, 0.15) is 4.32 Å². The van der Waals surface area contributed by atoms with Crippen LogP contribution in [0.1, 0.15) is 12.0 Å². The van der Waals surface area contributed by atoms with Crippen molar-refractivity contribution in [1.29, 1.82) is 0 Å². The standard InChI is InChI=1S/C22H20N2O2S2/c25-22-24(19-8-3-4-9-20(19)26-22)13-5-12-23-21(27)28-15-16-10-11-17-6-1-2-7-18(17)14-16/h1-4,6-11,14H,5,12-13,15H2,(H,23,27). The van der Waals surface area contributed by atoms with Crippen molar-refractivity contribution in [1.82, 2.24) is 9.88 Å². The molecular formula is C22H20N2O2S2. The number of oxazole rings is 1. The molecule has 6 heteroatoms. The van der Waals surface area contributed by atoms with Gasteiger partial charge in [-0.3, -0.25) is 4.57 Å². The smallest absolute Gasteiger partial charge is 0.408 e. The molecule has 0 aliphatic carbocycles. The molecule has 28 heavy (non-hydrogen) atoms. The number of fused-ring (bicyclic) bond motifs is 2. The molecule has 4 aromatic rings. The van der Waals surface area contributed by atoms with Crippen LogP contribution in [0.5, 0.6) is 0 Å². The highest BCUT2D eigenvalue weighted by Gasteiger charge is 2.08. The van der Waals surface area contributed by atoms with Crippen molar-refractivity contribution >= 4 is 50.2 Å². The van der Waals surface area contributed by atoms with Gasteiger partial charge in [0.05, 0.1) is 5.52 Å². The number of nitrogens with zero attached hydrogens (tertiary/aromatic N) is 1. The number of hydrogen-bond acceptors (Lipinski definition) is 4. The second-order valence-corrected chi connectivity index (χ2v) is 8.18. The maximum absolute atomic E-state index is 12.0. The molecule has 0 saturated heterocycles. The summed E-state index contributed by atoms with van der Waals surface area (Å²) in [5, 5.41) is 5.76. The molecule has 1 N–H and O–H groups in total. The van der Waals surface area contributed by atoms with Gasteiger partial charge in [0.15, 0.2) is 5.58 Å². The number of thioether (sulfide) groups is 1. The molecule has 1 aromatic heterocycles. The molecule has 0 atom stereocenters. The number of thiocarbonyl (C=S) groups is 1. The van der Waals surface area contributed by atoms with Crippen LogP contribution >= 0.6 is 24.0 Å². The van der Waals surface area contributed by atoms with Gasteiger partial charge in [-0.25, -0.2) is 4.79 Å². The Labute approximate surface area is 172 Å². The van der Waals surface area contributed by atoms with Crippen molar-refractivity contribution in [2.24, 2.45) is 0 Å². The summed E-state index contributed by atoms with van der Waals surface area (Å²) in [5.74, 6) is 0.525. The van der Waals surface area contributed by atoms with Crippen LogP contribution in [0.2, 0.25) is 0 Å². The quantitative estimate of drug-likeness (QED) is 0.361. The predicted octanol–water partition coefficient (Wildman–Crippen LogP) is 4.95. The Bertz CT molecular complexity index is 1180. The van der Waals surface area contributed by atoms with Gasteiger partial charge in [0.2, 0.25) is 0 Å². The fourth-order valence-electron chi connectivity index (χ4n) is 3.18. The molecule has 142 valence electrons. The van der Waals surface area contributed by atoms with Gasteiger partial charge < -0.3 is 9.73 Å². The molecule has 0 saturated carbocycles. The maximum atomic E-state index is 12.0. The lowest BCUT2D eigenvalue weighted by atomic mass is 10.1. The fraction of sp³-hybridized carbons (Fsp3) is 0.182. The number of aryl methyl sites for hydroxylation is 1. The summed E-state index contributed by atoms with van der Waals surface area (Å²) in [4.78, 5) is 12.0. The van der Waals surface area contributed by atoms with Crippen molar-refractivity contribution < 1.29 is 4.42 Å². The number of rotatable bonds is 6. The zero-order chi connectivity index (χ0) is 19.3. The maximum Gasteiger partial charge on any atom is 0.419 e. The summed E-state index contributed by atoms with van der Waals surface area (Å²) in [5.41, 5.74) is 2.71. The molecule has 0 spiro atoms. The summed E-state index contributed by atoms with van der Waals surface area (Å²) >= 11 is 7.06. The third-order valence-electron chi connectivity index (χ3n) is 4.59. The van der Waals surface area contributed by atoms with Crippen LogP contribution in [0.25, 0.3) is 21.9 Å². The Balaban J connectivity index is 1.25. The second-order valence-electron chi connectivity index (χ2n) is 6.53. The number of para-hydroxylation sites is 2. The monoisotopic (exact) mass is 408 g/mol. The lowest BCUT2D eigenvalue weighted by Gasteiger charge is -2.08. The van der Waals surface area contributed by atoms with E-state index in [2.05, 4.69) is 47.8 Å². The van der Waals surface area contributed by atoms with Gasteiger partial charge >= 0.3 is 5.76 Å². The molecule has 1 heterocycles. The van der Waals surface area contributed by atoms with Crippen molar-refractivity contribution in [3.63, 3.8) is 0 Å². The van der Waals surface area contributed by atoms with E-state index in [0.717, 1.165) is 28.6 Å². The van der Waals surface area contributed by atoms with Crippen molar-refractivity contribution in [3.05, 3.63) is 82.8 Å². The summed E-state index contributed by atoms with van der Waals surface area (Å²) in [6.45, 7) is 1.32. The van der Waals surface area contributed by atoms with E-state index in [-0.39, 0.29) is 5.76 Å². The van der Waals surface area contributed by atoms with Gasteiger partial charge in [-0.1, -0.05) is 78.6 Å². The highest BCUT2D eigenvalue weighted by Crippen LogP contribution is 2.19. The molecule has 0 aliphatic rings. The summed E-state index contributed by atoms with van der Waals surface area (Å²) in [7, 11) is 0.